The molecule has 104 valence electrons. The summed E-state index contributed by atoms with van der Waals surface area (Å²) in [7, 11) is 0. The summed E-state index contributed by atoms with van der Waals surface area (Å²) in [6, 6.07) is 6.66. The Bertz CT molecular complexity index is 657. The third-order valence-corrected chi connectivity index (χ3v) is 3.09. The van der Waals surface area contributed by atoms with E-state index in [1.807, 2.05) is 32.9 Å². The van der Waals surface area contributed by atoms with Crippen LogP contribution in [0.15, 0.2) is 30.3 Å². The lowest BCUT2D eigenvalue weighted by Gasteiger charge is -2.13. The molecule has 0 radical (unpaired) electrons. The van der Waals surface area contributed by atoms with Crippen LogP contribution in [0, 0.1) is 32.4 Å². The highest BCUT2D eigenvalue weighted by Crippen LogP contribution is 2.23. The molecule has 0 spiro atoms. The van der Waals surface area contributed by atoms with Crippen molar-refractivity contribution in [2.24, 2.45) is 0 Å². The molecule has 0 fully saturated rings. The molecule has 0 aliphatic rings. The van der Waals surface area contributed by atoms with E-state index in [4.69, 9.17) is 0 Å². The van der Waals surface area contributed by atoms with Crippen LogP contribution < -0.4 is 5.32 Å². The van der Waals surface area contributed by atoms with Gasteiger partial charge in [0, 0.05) is 5.69 Å². The Kier molecular flexibility index (Phi) is 3.84. The van der Waals surface area contributed by atoms with Crippen molar-refractivity contribution >= 4 is 11.6 Å². The lowest BCUT2D eigenvalue weighted by molar-refractivity contribution is 0.102. The number of anilines is 1. The zero-order chi connectivity index (χ0) is 14.9. The number of benzene rings is 2. The molecule has 0 aliphatic heterocycles. The predicted molar refractivity (Wildman–Crippen MR) is 75.0 cm³/mol. The van der Waals surface area contributed by atoms with E-state index in [0.29, 0.717) is 5.69 Å². The minimum absolute atomic E-state index is 0.302. The molecule has 2 aromatic rings. The molecule has 1 N–H and O–H groups in total. The summed E-state index contributed by atoms with van der Waals surface area (Å²) in [5, 5.41) is 2.64. The van der Waals surface area contributed by atoms with Crippen molar-refractivity contribution < 1.29 is 13.6 Å². The average molecular weight is 275 g/mol. The number of carbonyl (C=O) groups is 1. The lowest BCUT2D eigenvalue weighted by Crippen LogP contribution is -2.15. The molecule has 2 nitrogen and oxygen atoms in total. The first-order chi connectivity index (χ1) is 9.38. The second-order valence-corrected chi connectivity index (χ2v) is 4.85. The van der Waals surface area contributed by atoms with Gasteiger partial charge in [0.25, 0.3) is 5.91 Å². The van der Waals surface area contributed by atoms with Crippen LogP contribution in [0.3, 0.4) is 0 Å². The fourth-order valence-electron chi connectivity index (χ4n) is 2.23. The molecular formula is C16H15F2NO. The van der Waals surface area contributed by atoms with Gasteiger partial charge >= 0.3 is 0 Å². The molecule has 0 saturated heterocycles. The van der Waals surface area contributed by atoms with Gasteiger partial charge in [-0.3, -0.25) is 4.79 Å². The zero-order valence-electron chi connectivity index (χ0n) is 11.6. The molecule has 20 heavy (non-hydrogen) atoms. The van der Waals surface area contributed by atoms with E-state index in [2.05, 4.69) is 5.32 Å². The van der Waals surface area contributed by atoms with Gasteiger partial charge < -0.3 is 5.32 Å². The van der Waals surface area contributed by atoms with Crippen LogP contribution in [0.25, 0.3) is 0 Å². The van der Waals surface area contributed by atoms with Crippen molar-refractivity contribution in [1.82, 2.24) is 0 Å². The number of aryl methyl sites for hydroxylation is 3. The van der Waals surface area contributed by atoms with Crippen LogP contribution in [0.4, 0.5) is 14.5 Å². The van der Waals surface area contributed by atoms with Gasteiger partial charge in [-0.1, -0.05) is 17.7 Å². The van der Waals surface area contributed by atoms with E-state index < -0.39 is 17.5 Å². The molecule has 0 saturated carbocycles. The molecule has 0 bridgehead atoms. The number of hydrogen-bond donors (Lipinski definition) is 1. The first kappa shape index (κ1) is 14.2. The molecule has 0 unspecified atom stereocenters. The smallest absolute Gasteiger partial charge is 0.258 e. The summed E-state index contributed by atoms with van der Waals surface area (Å²) in [5.41, 5.74) is 3.17. The second kappa shape index (κ2) is 5.41. The summed E-state index contributed by atoms with van der Waals surface area (Å²) in [5.74, 6) is -2.04. The normalized spacial score (nSPS) is 10.4. The first-order valence-corrected chi connectivity index (χ1v) is 6.22. The molecule has 2 aromatic carbocycles. The van der Waals surface area contributed by atoms with Crippen LogP contribution in [0.5, 0.6) is 0 Å². The van der Waals surface area contributed by atoms with Crippen molar-refractivity contribution in [2.45, 2.75) is 20.8 Å². The van der Waals surface area contributed by atoms with Gasteiger partial charge in [-0.15, -0.1) is 0 Å². The van der Waals surface area contributed by atoms with Gasteiger partial charge in [0.2, 0.25) is 0 Å². The van der Waals surface area contributed by atoms with Gasteiger partial charge in [0.15, 0.2) is 0 Å². The van der Waals surface area contributed by atoms with E-state index in [-0.39, 0.29) is 5.56 Å². The third-order valence-electron chi connectivity index (χ3n) is 3.09. The van der Waals surface area contributed by atoms with Gasteiger partial charge in [0.05, 0.1) is 5.56 Å². The Morgan fingerprint density at radius 1 is 1.00 bits per heavy atom. The number of carbonyl (C=O) groups excluding carboxylic acids is 1. The van der Waals surface area contributed by atoms with Crippen molar-refractivity contribution in [3.05, 3.63) is 64.2 Å². The first-order valence-electron chi connectivity index (χ1n) is 6.22. The maximum absolute atomic E-state index is 13.6. The van der Waals surface area contributed by atoms with Gasteiger partial charge in [-0.05, 0) is 50.1 Å². The van der Waals surface area contributed by atoms with Crippen LogP contribution >= 0.6 is 0 Å². The lowest BCUT2D eigenvalue weighted by atomic mass is 10.0. The SMILES string of the molecule is Cc1cc(C)c(NC(=O)c2cc(F)ccc2F)c(C)c1. The van der Waals surface area contributed by atoms with E-state index in [9.17, 15) is 13.6 Å². The molecule has 1 amide bonds. The van der Waals surface area contributed by atoms with Crippen LogP contribution in [-0.2, 0) is 0 Å². The van der Waals surface area contributed by atoms with E-state index in [0.717, 1.165) is 34.9 Å². The summed E-state index contributed by atoms with van der Waals surface area (Å²) in [6.45, 7) is 5.67. The van der Waals surface area contributed by atoms with Crippen molar-refractivity contribution in [3.8, 4) is 0 Å². The maximum Gasteiger partial charge on any atom is 0.258 e. The van der Waals surface area contributed by atoms with Crippen LogP contribution in [0.2, 0.25) is 0 Å². The van der Waals surface area contributed by atoms with Gasteiger partial charge in [-0.2, -0.15) is 0 Å². The second-order valence-electron chi connectivity index (χ2n) is 4.85. The minimum Gasteiger partial charge on any atom is -0.321 e. The number of rotatable bonds is 2. The Morgan fingerprint density at radius 2 is 1.60 bits per heavy atom. The summed E-state index contributed by atoms with van der Waals surface area (Å²) >= 11 is 0. The third kappa shape index (κ3) is 2.85. The number of nitrogens with one attached hydrogen (secondary N) is 1. The fourth-order valence-corrected chi connectivity index (χ4v) is 2.23. The Hall–Kier alpha value is -2.23. The highest BCUT2D eigenvalue weighted by Gasteiger charge is 2.15. The summed E-state index contributed by atoms with van der Waals surface area (Å²) < 4.78 is 26.7. The maximum atomic E-state index is 13.6. The molecule has 4 heteroatoms. The van der Waals surface area contributed by atoms with Gasteiger partial charge in [0.1, 0.15) is 11.6 Å². The zero-order valence-corrected chi connectivity index (χ0v) is 11.6. The van der Waals surface area contributed by atoms with Crippen molar-refractivity contribution in [3.63, 3.8) is 0 Å². The van der Waals surface area contributed by atoms with E-state index in [1.54, 1.807) is 0 Å². The standard InChI is InChI=1S/C16H15F2NO/c1-9-6-10(2)15(11(3)7-9)19-16(20)13-8-12(17)4-5-14(13)18/h4-8H,1-3H3,(H,19,20). The number of hydrogen-bond acceptors (Lipinski definition) is 1. The highest BCUT2D eigenvalue weighted by molar-refractivity contribution is 6.05. The summed E-state index contributed by atoms with van der Waals surface area (Å²) in [4.78, 5) is 12.1. The molecule has 0 heterocycles. The number of halogens is 2. The average Bonchev–Trinajstić information content (AvgIpc) is 2.36. The molecular weight excluding hydrogens is 260 g/mol. The largest absolute Gasteiger partial charge is 0.321 e. The van der Waals surface area contributed by atoms with Crippen molar-refractivity contribution in [2.75, 3.05) is 5.32 Å². The summed E-state index contributed by atoms with van der Waals surface area (Å²) in [6.07, 6.45) is 0. The Labute approximate surface area is 116 Å². The quantitative estimate of drug-likeness (QED) is 0.876. The minimum atomic E-state index is -0.744. The molecule has 0 atom stereocenters. The van der Waals surface area contributed by atoms with Gasteiger partial charge in [-0.25, -0.2) is 8.78 Å². The highest BCUT2D eigenvalue weighted by atomic mass is 19.1. The van der Waals surface area contributed by atoms with Crippen LogP contribution in [0.1, 0.15) is 27.0 Å². The van der Waals surface area contributed by atoms with Crippen LogP contribution in [-0.4, -0.2) is 5.91 Å². The molecule has 0 aromatic heterocycles. The van der Waals surface area contributed by atoms with E-state index >= 15 is 0 Å². The number of amides is 1. The topological polar surface area (TPSA) is 29.1 Å². The van der Waals surface area contributed by atoms with E-state index in [1.165, 1.54) is 0 Å². The predicted octanol–water partition coefficient (Wildman–Crippen LogP) is 4.14. The monoisotopic (exact) mass is 275 g/mol. The Balaban J connectivity index is 2.35. The van der Waals surface area contributed by atoms with Crippen molar-refractivity contribution in [1.29, 1.82) is 0 Å². The molecule has 0 aliphatic carbocycles. The fraction of sp³-hybridized carbons (Fsp3) is 0.188. The Morgan fingerprint density at radius 3 is 2.20 bits per heavy atom. The molecule has 2 rings (SSSR count).